The normalized spacial score (nSPS) is 29.0. The molecule has 4 rings (SSSR count). The number of amides is 2. The first-order chi connectivity index (χ1) is 12.1. The van der Waals surface area contributed by atoms with Gasteiger partial charge in [0.15, 0.2) is 0 Å². The summed E-state index contributed by atoms with van der Waals surface area (Å²) in [7, 11) is 1.90. The molecule has 25 heavy (non-hydrogen) atoms. The topological polar surface area (TPSA) is 58.6 Å². The molecule has 2 amide bonds. The van der Waals surface area contributed by atoms with Gasteiger partial charge in [-0.05, 0) is 55.1 Å². The second-order valence-electron chi connectivity index (χ2n) is 7.72. The fourth-order valence-electron chi connectivity index (χ4n) is 3.99. The van der Waals surface area contributed by atoms with E-state index < -0.39 is 6.09 Å². The number of nitrogens with zero attached hydrogens (tertiary/aromatic N) is 1. The summed E-state index contributed by atoms with van der Waals surface area (Å²) < 4.78 is 4.95. The molecule has 2 aliphatic carbocycles. The molecular weight excluding hydrogens is 316 g/mol. The Morgan fingerprint density at radius 2 is 1.88 bits per heavy atom. The molecule has 0 unspecified atom stereocenters. The number of hydrogen-bond donors (Lipinski definition) is 1. The van der Waals surface area contributed by atoms with Crippen LogP contribution in [0.5, 0.6) is 0 Å². The van der Waals surface area contributed by atoms with Crippen LogP contribution in [0.25, 0.3) is 0 Å². The predicted octanol–water partition coefficient (Wildman–Crippen LogP) is 3.01. The maximum absolute atomic E-state index is 12.7. The van der Waals surface area contributed by atoms with E-state index in [9.17, 15) is 9.59 Å². The van der Waals surface area contributed by atoms with Crippen LogP contribution in [0.1, 0.15) is 55.1 Å². The van der Waals surface area contributed by atoms with Crippen molar-refractivity contribution in [2.75, 3.05) is 20.2 Å². The van der Waals surface area contributed by atoms with Gasteiger partial charge in [0.25, 0.3) is 0 Å². The van der Waals surface area contributed by atoms with E-state index in [1.54, 1.807) is 0 Å². The summed E-state index contributed by atoms with van der Waals surface area (Å²) in [5, 5.41) is 2.65. The Morgan fingerprint density at radius 3 is 2.60 bits per heavy atom. The van der Waals surface area contributed by atoms with Crippen molar-refractivity contribution in [1.82, 2.24) is 10.2 Å². The third-order valence-corrected chi connectivity index (χ3v) is 5.98. The third kappa shape index (κ3) is 3.51. The molecule has 1 atom stereocenters. The molecule has 1 aliphatic heterocycles. The highest BCUT2D eigenvalue weighted by Gasteiger charge is 2.37. The Morgan fingerprint density at radius 1 is 1.16 bits per heavy atom. The third-order valence-electron chi connectivity index (χ3n) is 5.98. The molecule has 0 bridgehead atoms. The van der Waals surface area contributed by atoms with Crippen molar-refractivity contribution >= 4 is 12.0 Å². The molecule has 1 N–H and O–H groups in total. The van der Waals surface area contributed by atoms with Crippen LogP contribution < -0.4 is 5.32 Å². The van der Waals surface area contributed by atoms with E-state index >= 15 is 0 Å². The van der Waals surface area contributed by atoms with Crippen molar-refractivity contribution in [3.05, 3.63) is 35.4 Å². The molecule has 0 aromatic heterocycles. The van der Waals surface area contributed by atoms with E-state index in [1.165, 1.54) is 24.0 Å². The molecule has 1 saturated heterocycles. The van der Waals surface area contributed by atoms with E-state index in [0.717, 1.165) is 18.8 Å². The van der Waals surface area contributed by atoms with Crippen LogP contribution in [0.3, 0.4) is 0 Å². The molecule has 3 fully saturated rings. The lowest BCUT2D eigenvalue weighted by Crippen LogP contribution is -2.48. The van der Waals surface area contributed by atoms with Crippen molar-refractivity contribution in [3.8, 4) is 0 Å². The molecule has 3 aliphatic rings. The Labute approximate surface area is 148 Å². The molecule has 1 aromatic carbocycles. The Kier molecular flexibility index (Phi) is 4.40. The van der Waals surface area contributed by atoms with Gasteiger partial charge in [0.05, 0.1) is 12.5 Å². The van der Waals surface area contributed by atoms with Gasteiger partial charge in [0.1, 0.15) is 0 Å². The summed E-state index contributed by atoms with van der Waals surface area (Å²) in [6, 6.07) is 9.34. The first-order valence-corrected chi connectivity index (χ1v) is 9.39. The van der Waals surface area contributed by atoms with Crippen molar-refractivity contribution in [2.24, 2.45) is 5.92 Å². The Balaban J connectivity index is 1.32. The first-order valence-electron chi connectivity index (χ1n) is 9.39. The van der Waals surface area contributed by atoms with Crippen LogP contribution in [-0.4, -0.2) is 43.1 Å². The number of rotatable bonds is 4. The van der Waals surface area contributed by atoms with Gasteiger partial charge in [-0.2, -0.15) is 0 Å². The molecule has 134 valence electrons. The zero-order valence-corrected chi connectivity index (χ0v) is 14.7. The Hall–Kier alpha value is -2.04. The highest BCUT2D eigenvalue weighted by Crippen LogP contribution is 2.44. The fourth-order valence-corrected chi connectivity index (χ4v) is 3.99. The van der Waals surface area contributed by atoms with Crippen LogP contribution in [-0.2, 0) is 9.53 Å². The molecule has 2 saturated carbocycles. The van der Waals surface area contributed by atoms with E-state index in [2.05, 4.69) is 29.6 Å². The number of hydrogen-bond acceptors (Lipinski definition) is 3. The lowest BCUT2D eigenvalue weighted by atomic mass is 9.74. The van der Waals surface area contributed by atoms with Gasteiger partial charge in [0.2, 0.25) is 5.91 Å². The molecule has 0 spiro atoms. The predicted molar refractivity (Wildman–Crippen MR) is 94.4 cm³/mol. The summed E-state index contributed by atoms with van der Waals surface area (Å²) in [5.41, 5.74) is 2.91. The van der Waals surface area contributed by atoms with E-state index in [-0.39, 0.29) is 11.8 Å². The summed E-state index contributed by atoms with van der Waals surface area (Å²) in [4.78, 5) is 25.8. The number of carbonyl (C=O) groups is 2. The van der Waals surface area contributed by atoms with Gasteiger partial charge in [0, 0.05) is 19.6 Å². The average Bonchev–Trinajstić information content (AvgIpc) is 3.41. The van der Waals surface area contributed by atoms with Crippen molar-refractivity contribution in [1.29, 1.82) is 0 Å². The smallest absolute Gasteiger partial charge is 0.407 e. The average molecular weight is 342 g/mol. The number of nitrogens with one attached hydrogen (secondary N) is 1. The minimum atomic E-state index is -0.419. The van der Waals surface area contributed by atoms with Gasteiger partial charge in [-0.1, -0.05) is 24.3 Å². The lowest BCUT2D eigenvalue weighted by molar-refractivity contribution is -0.138. The summed E-state index contributed by atoms with van der Waals surface area (Å²) >= 11 is 0. The molecule has 1 aromatic rings. The van der Waals surface area contributed by atoms with Crippen LogP contribution in [0.15, 0.2) is 24.3 Å². The van der Waals surface area contributed by atoms with Crippen LogP contribution in [0.2, 0.25) is 0 Å². The Bertz CT molecular complexity index is 665. The van der Waals surface area contributed by atoms with Gasteiger partial charge in [-0.15, -0.1) is 0 Å². The SMILES string of the molecule is CN(C(=O)[C@@H]1CCOC(=O)NC1)[C@H]1C[C@@H](c2cccc(C3CC3)c2)C1. The molecule has 1 heterocycles. The number of cyclic esters (lactones) is 1. The second-order valence-corrected chi connectivity index (χ2v) is 7.72. The van der Waals surface area contributed by atoms with Crippen molar-refractivity contribution < 1.29 is 14.3 Å². The minimum Gasteiger partial charge on any atom is -0.450 e. The van der Waals surface area contributed by atoms with E-state index in [1.807, 2.05) is 11.9 Å². The number of ether oxygens (including phenoxy) is 1. The number of benzene rings is 1. The number of alkyl carbamates (subject to hydrolysis) is 1. The zero-order valence-electron chi connectivity index (χ0n) is 14.7. The van der Waals surface area contributed by atoms with Crippen molar-refractivity contribution in [2.45, 2.75) is 50.0 Å². The summed E-state index contributed by atoms with van der Waals surface area (Å²) in [6.45, 7) is 0.693. The molecule has 0 radical (unpaired) electrons. The molecular formula is C20H26N2O3. The highest BCUT2D eigenvalue weighted by molar-refractivity contribution is 5.80. The van der Waals surface area contributed by atoms with Crippen LogP contribution >= 0.6 is 0 Å². The van der Waals surface area contributed by atoms with Crippen molar-refractivity contribution in [3.63, 3.8) is 0 Å². The molecule has 5 nitrogen and oxygen atoms in total. The monoisotopic (exact) mass is 342 g/mol. The standard InChI is InChI=1S/C20H26N2O3/c1-22(19(23)16-7-8-25-20(24)21-12-16)18-10-17(11-18)15-4-2-3-14(9-15)13-5-6-13/h2-4,9,13,16-18H,5-8,10-12H2,1H3,(H,21,24)/t16-,17-,18+/m1/s1. The van der Waals surface area contributed by atoms with Gasteiger partial charge in [-0.25, -0.2) is 4.79 Å². The minimum absolute atomic E-state index is 0.126. The van der Waals surface area contributed by atoms with E-state index in [0.29, 0.717) is 31.5 Å². The zero-order chi connectivity index (χ0) is 17.4. The van der Waals surface area contributed by atoms with Gasteiger partial charge < -0.3 is 15.0 Å². The van der Waals surface area contributed by atoms with E-state index in [4.69, 9.17) is 4.74 Å². The quantitative estimate of drug-likeness (QED) is 0.915. The lowest BCUT2D eigenvalue weighted by Gasteiger charge is -2.42. The van der Waals surface area contributed by atoms with Gasteiger partial charge in [-0.3, -0.25) is 4.79 Å². The number of carbonyl (C=O) groups excluding carboxylic acids is 2. The fraction of sp³-hybridized carbons (Fsp3) is 0.600. The van der Waals surface area contributed by atoms with Gasteiger partial charge >= 0.3 is 6.09 Å². The maximum Gasteiger partial charge on any atom is 0.407 e. The largest absolute Gasteiger partial charge is 0.450 e. The van der Waals surface area contributed by atoms with Crippen LogP contribution in [0, 0.1) is 5.92 Å². The second kappa shape index (κ2) is 6.70. The first kappa shape index (κ1) is 16.4. The van der Waals surface area contributed by atoms with Crippen LogP contribution in [0.4, 0.5) is 4.79 Å². The summed E-state index contributed by atoms with van der Waals surface area (Å²) in [6.07, 6.45) is 4.90. The summed E-state index contributed by atoms with van der Waals surface area (Å²) in [5.74, 6) is 1.30. The highest BCUT2D eigenvalue weighted by atomic mass is 16.5. The molecule has 5 heteroatoms. The maximum atomic E-state index is 12.7.